The summed E-state index contributed by atoms with van der Waals surface area (Å²) in [5, 5.41) is 30.5. The second kappa shape index (κ2) is 11.9. The van der Waals surface area contributed by atoms with Crippen LogP contribution in [0.25, 0.3) is 0 Å². The average molecular weight is 469 g/mol. The minimum atomic E-state index is -1.43. The van der Waals surface area contributed by atoms with Gasteiger partial charge in [0.15, 0.2) is 17.6 Å². The Morgan fingerprint density at radius 1 is 0.970 bits per heavy atom. The van der Waals surface area contributed by atoms with Crippen LogP contribution in [0.4, 0.5) is 0 Å². The van der Waals surface area contributed by atoms with Crippen LogP contribution in [0.2, 0.25) is 0 Å². The van der Waals surface area contributed by atoms with Crippen LogP contribution in [0.5, 0.6) is 17.2 Å². The van der Waals surface area contributed by atoms with Crippen molar-refractivity contribution in [2.75, 3.05) is 26.9 Å². The van der Waals surface area contributed by atoms with Gasteiger partial charge >= 0.3 is 5.97 Å². The zero-order valence-electron chi connectivity index (χ0n) is 19.6. The Bertz CT molecular complexity index is 797. The van der Waals surface area contributed by atoms with Gasteiger partial charge in [-0.3, -0.25) is 0 Å². The Labute approximate surface area is 194 Å². The number of rotatable bonds is 12. The first kappa shape index (κ1) is 25.6. The van der Waals surface area contributed by atoms with E-state index in [1.54, 1.807) is 6.07 Å². The molecule has 1 saturated heterocycles. The number of hydrogen-bond acceptors (Lipinski definition) is 9. The number of fused-ring (bicyclic) bond motifs is 3. The molecule has 0 unspecified atom stereocenters. The molecule has 2 heterocycles. The summed E-state index contributed by atoms with van der Waals surface area (Å²) in [4.78, 5) is 12.9. The second-order valence-electron chi connectivity index (χ2n) is 8.44. The molecular weight excluding hydrogens is 432 g/mol. The van der Waals surface area contributed by atoms with Gasteiger partial charge in [0.2, 0.25) is 5.75 Å². The second-order valence-corrected chi connectivity index (χ2v) is 8.44. The molecule has 3 rings (SSSR count). The van der Waals surface area contributed by atoms with Crippen molar-refractivity contribution in [3.63, 3.8) is 0 Å². The quantitative estimate of drug-likeness (QED) is 0.313. The van der Waals surface area contributed by atoms with Crippen molar-refractivity contribution in [2.45, 2.75) is 82.9 Å². The number of esters is 1. The van der Waals surface area contributed by atoms with Crippen molar-refractivity contribution in [3.8, 4) is 17.2 Å². The normalized spacial score (nSPS) is 26.2. The van der Waals surface area contributed by atoms with Crippen molar-refractivity contribution in [1.82, 2.24) is 0 Å². The van der Waals surface area contributed by atoms with Gasteiger partial charge in [-0.05, 0) is 18.9 Å². The number of aliphatic hydroxyl groups excluding tert-OH is 3. The van der Waals surface area contributed by atoms with E-state index in [4.69, 9.17) is 23.7 Å². The molecule has 1 aromatic rings. The van der Waals surface area contributed by atoms with Crippen LogP contribution in [0, 0.1) is 0 Å². The van der Waals surface area contributed by atoms with E-state index in [9.17, 15) is 20.1 Å². The zero-order valence-corrected chi connectivity index (χ0v) is 19.6. The predicted octanol–water partition coefficient (Wildman–Crippen LogP) is 2.53. The zero-order chi connectivity index (χ0) is 24.0. The smallest absolute Gasteiger partial charge is 0.339 e. The summed E-state index contributed by atoms with van der Waals surface area (Å²) in [6.07, 6.45) is -0.278. The van der Waals surface area contributed by atoms with E-state index >= 15 is 0 Å². The monoisotopic (exact) mass is 468 g/mol. The first-order chi connectivity index (χ1) is 16.0. The van der Waals surface area contributed by atoms with Crippen molar-refractivity contribution >= 4 is 5.97 Å². The SMILES string of the molecule is CCCCCOc1cc2c(c(OCCCCC)c1OC)[C@@H]1O[C@H](CO)[C@@H](O)[C@H](O)[C@H]1OC2=O. The van der Waals surface area contributed by atoms with Crippen molar-refractivity contribution in [1.29, 1.82) is 0 Å². The van der Waals surface area contributed by atoms with Crippen molar-refractivity contribution in [2.24, 2.45) is 0 Å². The Hall–Kier alpha value is -2.07. The highest BCUT2D eigenvalue weighted by Gasteiger charge is 2.52. The molecule has 9 nitrogen and oxygen atoms in total. The maximum atomic E-state index is 12.9. The number of carbonyl (C=O) groups is 1. The molecule has 5 atom stereocenters. The van der Waals surface area contributed by atoms with Crippen LogP contribution in [0.1, 0.15) is 74.4 Å². The fourth-order valence-electron chi connectivity index (χ4n) is 4.23. The Balaban J connectivity index is 2.05. The molecule has 1 aromatic carbocycles. The minimum Gasteiger partial charge on any atom is -0.490 e. The van der Waals surface area contributed by atoms with Crippen LogP contribution in [-0.2, 0) is 9.47 Å². The Kier molecular flexibility index (Phi) is 9.19. The third-order valence-electron chi connectivity index (χ3n) is 6.06. The van der Waals surface area contributed by atoms with Crippen molar-refractivity contribution < 1.29 is 43.8 Å². The fraction of sp³-hybridized carbons (Fsp3) is 0.708. The molecule has 0 aromatic heterocycles. The lowest BCUT2D eigenvalue weighted by atomic mass is 9.86. The van der Waals surface area contributed by atoms with Gasteiger partial charge in [-0.25, -0.2) is 4.79 Å². The fourth-order valence-corrected chi connectivity index (χ4v) is 4.23. The lowest BCUT2D eigenvalue weighted by Crippen LogP contribution is -2.58. The van der Waals surface area contributed by atoms with E-state index in [0.29, 0.717) is 36.0 Å². The summed E-state index contributed by atoms with van der Waals surface area (Å²) in [6, 6.07) is 1.55. The van der Waals surface area contributed by atoms with Crippen LogP contribution in [0.15, 0.2) is 6.07 Å². The summed E-state index contributed by atoms with van der Waals surface area (Å²) < 4.78 is 29.1. The molecule has 186 valence electrons. The first-order valence-electron chi connectivity index (χ1n) is 11.8. The van der Waals surface area contributed by atoms with E-state index in [1.807, 2.05) is 0 Å². The number of benzene rings is 1. The largest absolute Gasteiger partial charge is 0.490 e. The summed E-state index contributed by atoms with van der Waals surface area (Å²) in [7, 11) is 1.50. The Morgan fingerprint density at radius 3 is 2.24 bits per heavy atom. The first-order valence-corrected chi connectivity index (χ1v) is 11.8. The maximum absolute atomic E-state index is 12.9. The van der Waals surface area contributed by atoms with Gasteiger partial charge in [0.05, 0.1) is 32.5 Å². The van der Waals surface area contributed by atoms with E-state index in [-0.39, 0.29) is 5.56 Å². The number of methoxy groups -OCH3 is 1. The molecule has 0 spiro atoms. The van der Waals surface area contributed by atoms with Crippen LogP contribution < -0.4 is 14.2 Å². The number of hydrogen-bond donors (Lipinski definition) is 3. The Morgan fingerprint density at radius 2 is 1.64 bits per heavy atom. The predicted molar refractivity (Wildman–Crippen MR) is 119 cm³/mol. The highest BCUT2D eigenvalue weighted by atomic mass is 16.6. The van der Waals surface area contributed by atoms with E-state index < -0.39 is 43.1 Å². The van der Waals surface area contributed by atoms with Crippen molar-refractivity contribution in [3.05, 3.63) is 17.2 Å². The van der Waals surface area contributed by atoms with Gasteiger partial charge in [0.25, 0.3) is 0 Å². The van der Waals surface area contributed by atoms with Gasteiger partial charge in [0, 0.05) is 5.56 Å². The maximum Gasteiger partial charge on any atom is 0.339 e. The van der Waals surface area contributed by atoms with Gasteiger partial charge in [-0.1, -0.05) is 39.5 Å². The highest BCUT2D eigenvalue weighted by Crippen LogP contribution is 2.51. The molecule has 33 heavy (non-hydrogen) atoms. The number of unbranched alkanes of at least 4 members (excludes halogenated alkanes) is 4. The molecular formula is C24H36O9. The average Bonchev–Trinajstić information content (AvgIpc) is 2.82. The van der Waals surface area contributed by atoms with Gasteiger partial charge in [-0.2, -0.15) is 0 Å². The van der Waals surface area contributed by atoms with Crippen LogP contribution in [0.3, 0.4) is 0 Å². The molecule has 1 fully saturated rings. The summed E-state index contributed by atoms with van der Waals surface area (Å²) >= 11 is 0. The molecule has 2 aliphatic rings. The number of carbonyl (C=O) groups excluding carboxylic acids is 1. The molecule has 0 bridgehead atoms. The summed E-state index contributed by atoms with van der Waals surface area (Å²) in [5.74, 6) is 0.315. The van der Waals surface area contributed by atoms with Crippen LogP contribution in [-0.4, -0.2) is 72.6 Å². The molecule has 0 radical (unpaired) electrons. The van der Waals surface area contributed by atoms with Gasteiger partial charge in [-0.15, -0.1) is 0 Å². The molecule has 3 N–H and O–H groups in total. The molecule has 0 aliphatic carbocycles. The van der Waals surface area contributed by atoms with E-state index in [2.05, 4.69) is 13.8 Å². The minimum absolute atomic E-state index is 0.188. The standard InChI is InChI=1S/C24H36O9/c1-4-6-8-10-30-15-12-14-17(21(20(15)29-3)31-11-9-7-5-2)22-23(33-24(14)28)19(27)18(26)16(13-25)32-22/h12,16,18-19,22-23,25-27H,4-11,13H2,1-3H3/t16-,18-,19+,22+,23-/m1/s1. The van der Waals surface area contributed by atoms with Crippen LogP contribution >= 0.6 is 0 Å². The lowest BCUT2D eigenvalue weighted by Gasteiger charge is -2.44. The summed E-state index contributed by atoms with van der Waals surface area (Å²) in [6.45, 7) is 4.52. The van der Waals surface area contributed by atoms with E-state index in [1.165, 1.54) is 7.11 Å². The number of aliphatic hydroxyl groups is 3. The lowest BCUT2D eigenvalue weighted by molar-refractivity contribution is -0.235. The molecule has 0 amide bonds. The molecule has 9 heteroatoms. The third kappa shape index (κ3) is 5.37. The van der Waals surface area contributed by atoms with Gasteiger partial charge < -0.3 is 39.0 Å². The summed E-state index contributed by atoms with van der Waals surface area (Å²) in [5.41, 5.74) is 0.559. The van der Waals surface area contributed by atoms with E-state index in [0.717, 1.165) is 38.5 Å². The highest BCUT2D eigenvalue weighted by molar-refractivity contribution is 5.95. The topological polar surface area (TPSA) is 124 Å². The molecule has 2 aliphatic heterocycles. The molecule has 0 saturated carbocycles. The van der Waals surface area contributed by atoms with Gasteiger partial charge in [0.1, 0.15) is 24.4 Å². The number of ether oxygens (including phenoxy) is 5. The third-order valence-corrected chi connectivity index (χ3v) is 6.06.